The molecule has 0 saturated carbocycles. The smallest absolute Gasteiger partial charge is 0.228 e. The van der Waals surface area contributed by atoms with E-state index in [1.807, 2.05) is 25.1 Å². The third kappa shape index (κ3) is 5.72. The van der Waals surface area contributed by atoms with Crippen molar-refractivity contribution in [2.75, 3.05) is 13.7 Å². The minimum Gasteiger partial charge on any atom is -0.390 e. The van der Waals surface area contributed by atoms with Crippen LogP contribution in [0.15, 0.2) is 47.8 Å². The monoisotopic (exact) mass is 507 g/mol. The molecule has 2 heterocycles. The van der Waals surface area contributed by atoms with Crippen LogP contribution in [0.4, 0.5) is 4.39 Å². The van der Waals surface area contributed by atoms with Crippen molar-refractivity contribution in [3.05, 3.63) is 64.9 Å². The number of aromatic nitrogens is 2. The molecule has 9 heteroatoms. The Kier molecular flexibility index (Phi) is 8.33. The van der Waals surface area contributed by atoms with E-state index in [1.54, 1.807) is 24.7 Å². The number of carbonyl (C=O) groups is 2. The molecule has 1 aromatic carbocycles. The predicted octanol–water partition coefficient (Wildman–Crippen LogP) is 4.68. The molecule has 1 saturated heterocycles. The zero-order valence-corrected chi connectivity index (χ0v) is 21.5. The number of nitrogens with zero attached hydrogens (tertiary/aromatic N) is 2. The number of ketones is 1. The molecule has 2 aliphatic rings. The first-order valence-electron chi connectivity index (χ1n) is 12.7. The normalized spacial score (nSPS) is 22.2. The summed E-state index contributed by atoms with van der Waals surface area (Å²) in [5.74, 6) is -2.75. The summed E-state index contributed by atoms with van der Waals surface area (Å²) in [5, 5.41) is 17.8. The molecule has 1 aromatic heterocycles. The van der Waals surface area contributed by atoms with Gasteiger partial charge in [-0.3, -0.25) is 9.59 Å². The molecule has 1 aliphatic carbocycles. The third-order valence-corrected chi connectivity index (χ3v) is 7.10. The van der Waals surface area contributed by atoms with Crippen LogP contribution in [0.3, 0.4) is 0 Å². The van der Waals surface area contributed by atoms with Crippen LogP contribution in [0.25, 0.3) is 11.3 Å². The lowest BCUT2D eigenvalue weighted by Gasteiger charge is -2.27. The first-order valence-corrected chi connectivity index (χ1v) is 12.7. The van der Waals surface area contributed by atoms with E-state index in [4.69, 9.17) is 10.1 Å². The molecule has 0 spiro atoms. The molecule has 3 atom stereocenters. The van der Waals surface area contributed by atoms with E-state index in [0.717, 1.165) is 36.9 Å². The van der Waals surface area contributed by atoms with Crippen molar-refractivity contribution in [1.82, 2.24) is 20.4 Å². The van der Waals surface area contributed by atoms with Gasteiger partial charge in [-0.2, -0.15) is 5.10 Å². The zero-order chi connectivity index (χ0) is 26.5. The van der Waals surface area contributed by atoms with Crippen LogP contribution >= 0.6 is 0 Å². The molecule has 37 heavy (non-hydrogen) atoms. The van der Waals surface area contributed by atoms with Crippen LogP contribution < -0.4 is 10.6 Å². The molecule has 1 aliphatic heterocycles. The fraction of sp³-hybridized carbons (Fsp3) is 0.429. The first kappa shape index (κ1) is 26.5. The Morgan fingerprint density at radius 1 is 1.19 bits per heavy atom. The number of Topliss-reactive ketones (excluding diaryl/α,β-unsaturated/α-hetero) is 1. The number of aryl methyl sites for hydroxylation is 1. The Hall–Kier alpha value is -3.59. The van der Waals surface area contributed by atoms with E-state index in [2.05, 4.69) is 15.7 Å². The lowest BCUT2D eigenvalue weighted by atomic mass is 9.77. The number of benzene rings is 1. The summed E-state index contributed by atoms with van der Waals surface area (Å²) in [6, 6.07) is 6.49. The van der Waals surface area contributed by atoms with E-state index in [1.165, 1.54) is 12.1 Å². The number of ether oxygens (including phenoxy) is 1. The van der Waals surface area contributed by atoms with Crippen molar-refractivity contribution >= 4 is 17.9 Å². The summed E-state index contributed by atoms with van der Waals surface area (Å²) >= 11 is 0. The highest BCUT2D eigenvalue weighted by Crippen LogP contribution is 2.33. The van der Waals surface area contributed by atoms with E-state index in [9.17, 15) is 9.59 Å². The first-order chi connectivity index (χ1) is 17.8. The number of hydrogen-bond acceptors (Lipinski definition) is 6. The number of halogens is 1. The number of carbonyl (C=O) groups excluding carboxylic acids is 2. The fourth-order valence-corrected chi connectivity index (χ4v) is 4.93. The van der Waals surface area contributed by atoms with Gasteiger partial charge in [-0.05, 0) is 64.2 Å². The lowest BCUT2D eigenvalue weighted by Crippen LogP contribution is -2.39. The van der Waals surface area contributed by atoms with Gasteiger partial charge in [0.25, 0.3) is 0 Å². The summed E-state index contributed by atoms with van der Waals surface area (Å²) in [6.07, 6.45) is 8.20. The number of hydrogen-bond donors (Lipinski definition) is 3. The third-order valence-electron chi connectivity index (χ3n) is 7.10. The van der Waals surface area contributed by atoms with E-state index in [0.29, 0.717) is 36.4 Å². The van der Waals surface area contributed by atoms with Crippen molar-refractivity contribution in [1.29, 1.82) is 5.41 Å². The van der Waals surface area contributed by atoms with Gasteiger partial charge < -0.3 is 20.8 Å². The Balaban J connectivity index is 1.58. The van der Waals surface area contributed by atoms with Crippen molar-refractivity contribution in [3.63, 3.8) is 0 Å². The van der Waals surface area contributed by atoms with Gasteiger partial charge >= 0.3 is 0 Å². The lowest BCUT2D eigenvalue weighted by molar-refractivity contribution is -0.125. The van der Waals surface area contributed by atoms with Crippen LogP contribution in [0, 0.1) is 30.0 Å². The molecule has 2 aromatic rings. The second kappa shape index (κ2) is 11.6. The maximum Gasteiger partial charge on any atom is 0.228 e. The van der Waals surface area contributed by atoms with Crippen LogP contribution in [-0.4, -0.2) is 41.3 Å². The topological polar surface area (TPSA) is 109 Å². The summed E-state index contributed by atoms with van der Waals surface area (Å²) < 4.78 is 23.1. The van der Waals surface area contributed by atoms with E-state index in [-0.39, 0.29) is 17.7 Å². The van der Waals surface area contributed by atoms with Gasteiger partial charge in [0.05, 0.1) is 28.6 Å². The SMILES string of the molecule is CN/C(C)=C(\C=N)NC(=O)C1CC=CCC1C(=O)c1ccc(-c2cc(C)nn2C2CCCCO2)cc1F. The van der Waals surface area contributed by atoms with Crippen molar-refractivity contribution in [2.24, 2.45) is 11.8 Å². The molecule has 1 amide bonds. The second-order valence-electron chi connectivity index (χ2n) is 9.57. The van der Waals surface area contributed by atoms with Crippen molar-refractivity contribution < 1.29 is 18.7 Å². The number of nitrogens with one attached hydrogen (secondary N) is 3. The molecule has 8 nitrogen and oxygen atoms in total. The average molecular weight is 508 g/mol. The summed E-state index contributed by atoms with van der Waals surface area (Å²) in [4.78, 5) is 26.6. The number of allylic oxidation sites excluding steroid dienone is 4. The van der Waals surface area contributed by atoms with Gasteiger partial charge in [0.15, 0.2) is 12.0 Å². The van der Waals surface area contributed by atoms with Crippen LogP contribution in [0.5, 0.6) is 0 Å². The van der Waals surface area contributed by atoms with Gasteiger partial charge in [-0.1, -0.05) is 18.2 Å². The predicted molar refractivity (Wildman–Crippen MR) is 140 cm³/mol. The average Bonchev–Trinajstić information content (AvgIpc) is 3.32. The molecular weight excluding hydrogens is 473 g/mol. The van der Waals surface area contributed by atoms with Crippen LogP contribution in [0.1, 0.15) is 61.3 Å². The Morgan fingerprint density at radius 2 is 1.95 bits per heavy atom. The van der Waals surface area contributed by atoms with Gasteiger partial charge in [0.1, 0.15) is 5.82 Å². The van der Waals surface area contributed by atoms with Gasteiger partial charge in [-0.25, -0.2) is 9.07 Å². The molecule has 3 N–H and O–H groups in total. The quantitative estimate of drug-likeness (QED) is 0.273. The highest BCUT2D eigenvalue weighted by atomic mass is 19.1. The van der Waals surface area contributed by atoms with E-state index < -0.39 is 23.4 Å². The summed E-state index contributed by atoms with van der Waals surface area (Å²) in [5.41, 5.74) is 3.09. The maximum absolute atomic E-state index is 15.4. The fourth-order valence-electron chi connectivity index (χ4n) is 4.93. The summed E-state index contributed by atoms with van der Waals surface area (Å²) in [7, 11) is 1.70. The Morgan fingerprint density at radius 3 is 2.59 bits per heavy atom. The number of rotatable bonds is 8. The maximum atomic E-state index is 15.4. The van der Waals surface area contributed by atoms with Gasteiger partial charge in [0, 0.05) is 37.0 Å². The Labute approximate surface area is 216 Å². The van der Waals surface area contributed by atoms with Crippen molar-refractivity contribution in [3.8, 4) is 11.3 Å². The molecule has 3 unspecified atom stereocenters. The number of amides is 1. The Bertz CT molecular complexity index is 1240. The molecule has 0 bridgehead atoms. The zero-order valence-electron chi connectivity index (χ0n) is 21.5. The van der Waals surface area contributed by atoms with Crippen molar-refractivity contribution in [2.45, 2.75) is 52.2 Å². The molecule has 1 fully saturated rings. The minimum absolute atomic E-state index is 0.0345. The summed E-state index contributed by atoms with van der Waals surface area (Å²) in [6.45, 7) is 4.30. The standard InChI is InChI=1S/C28H34FN5O3/c1-17-14-25(34(33-17)26-10-6-7-13-37-26)19-11-12-22(23(29)15-19)27(35)20-8-4-5-9-21(20)28(36)32-24(16-30)18(2)31-3/h4-5,11-12,14-16,20-21,26,30-31H,6-10,13H2,1-3H3,(H,32,36)/b24-18+,30-16?. The van der Waals surface area contributed by atoms with Gasteiger partial charge in [0.2, 0.25) is 5.91 Å². The largest absolute Gasteiger partial charge is 0.390 e. The van der Waals surface area contributed by atoms with Gasteiger partial charge in [-0.15, -0.1) is 0 Å². The minimum atomic E-state index is -0.698. The van der Waals surface area contributed by atoms with Crippen LogP contribution in [0.2, 0.25) is 0 Å². The van der Waals surface area contributed by atoms with E-state index >= 15 is 4.39 Å². The molecular formula is C28H34FN5O3. The van der Waals surface area contributed by atoms with Crippen LogP contribution in [-0.2, 0) is 9.53 Å². The second-order valence-corrected chi connectivity index (χ2v) is 9.57. The molecule has 4 rings (SSSR count). The molecule has 0 radical (unpaired) electrons. The highest BCUT2D eigenvalue weighted by Gasteiger charge is 2.36. The highest BCUT2D eigenvalue weighted by molar-refractivity contribution is 6.02. The molecule has 196 valence electrons.